The van der Waals surface area contributed by atoms with Crippen LogP contribution in [0.15, 0.2) is 30.3 Å². The van der Waals surface area contributed by atoms with Crippen LogP contribution >= 0.6 is 11.8 Å². The van der Waals surface area contributed by atoms with E-state index in [0.717, 1.165) is 5.56 Å². The van der Waals surface area contributed by atoms with Gasteiger partial charge in [-0.3, -0.25) is 4.79 Å². The Hall–Kier alpha value is -1.97. The molecule has 1 aliphatic rings. The average molecular weight is 319 g/mol. The monoisotopic (exact) mass is 319 g/mol. The molecule has 1 aromatic rings. The third-order valence-electron chi connectivity index (χ3n) is 3.26. The lowest BCUT2D eigenvalue weighted by molar-refractivity contribution is -0.153. The van der Waals surface area contributed by atoms with Crippen LogP contribution in [0, 0.1) is 12.3 Å². The molecular weight excluding hydrogens is 302 g/mol. The third kappa shape index (κ3) is 3.62. The first-order chi connectivity index (χ1) is 10.7. The predicted molar refractivity (Wildman–Crippen MR) is 83.9 cm³/mol. The van der Waals surface area contributed by atoms with E-state index >= 15 is 0 Å². The van der Waals surface area contributed by atoms with Crippen LogP contribution in [0.5, 0.6) is 0 Å². The van der Waals surface area contributed by atoms with Gasteiger partial charge in [-0.2, -0.15) is 0 Å². The maximum Gasteiger partial charge on any atom is 0.329 e. The van der Waals surface area contributed by atoms with E-state index in [2.05, 4.69) is 5.92 Å². The molecule has 1 aromatic carbocycles. The number of hydrogen-bond donors (Lipinski definition) is 0. The van der Waals surface area contributed by atoms with Gasteiger partial charge in [0.05, 0.1) is 7.11 Å². The Balaban J connectivity index is 2.20. The number of carbonyl (C=O) groups excluding carboxylic acids is 2. The summed E-state index contributed by atoms with van der Waals surface area (Å²) in [4.78, 5) is 25.9. The summed E-state index contributed by atoms with van der Waals surface area (Å²) in [5.74, 6) is 2.11. The molecule has 1 saturated heterocycles. The number of amides is 1. The number of carbonyl (C=O) groups is 2. The highest BCUT2D eigenvalue weighted by Crippen LogP contribution is 2.41. The highest BCUT2D eigenvalue weighted by Gasteiger charge is 2.42. The van der Waals surface area contributed by atoms with Crippen molar-refractivity contribution in [3.63, 3.8) is 0 Å². The van der Waals surface area contributed by atoms with E-state index in [1.54, 1.807) is 0 Å². The Morgan fingerprint density at radius 2 is 2.14 bits per heavy atom. The summed E-state index contributed by atoms with van der Waals surface area (Å²) in [5.41, 5.74) is 0.962. The van der Waals surface area contributed by atoms with Gasteiger partial charge in [-0.05, 0) is 5.56 Å². The van der Waals surface area contributed by atoms with E-state index in [4.69, 9.17) is 15.9 Å². The van der Waals surface area contributed by atoms with Gasteiger partial charge in [0.15, 0.2) is 0 Å². The number of hydrogen-bond acceptors (Lipinski definition) is 5. The number of benzene rings is 1. The van der Waals surface area contributed by atoms with Gasteiger partial charge < -0.3 is 14.4 Å². The fraction of sp³-hybridized carbons (Fsp3) is 0.375. The Morgan fingerprint density at radius 3 is 2.77 bits per heavy atom. The van der Waals surface area contributed by atoms with Crippen molar-refractivity contribution in [1.29, 1.82) is 0 Å². The summed E-state index contributed by atoms with van der Waals surface area (Å²) in [5, 5.41) is -0.229. The second kappa shape index (κ2) is 7.87. The molecule has 0 aromatic heterocycles. The van der Waals surface area contributed by atoms with Crippen LogP contribution in [0.3, 0.4) is 0 Å². The highest BCUT2D eigenvalue weighted by atomic mass is 32.2. The van der Waals surface area contributed by atoms with Gasteiger partial charge in [-0.1, -0.05) is 36.3 Å². The lowest BCUT2D eigenvalue weighted by Gasteiger charge is -2.28. The van der Waals surface area contributed by atoms with Gasteiger partial charge >= 0.3 is 5.97 Å². The van der Waals surface area contributed by atoms with Crippen LogP contribution in [0.2, 0.25) is 0 Å². The maximum atomic E-state index is 12.4. The van der Waals surface area contributed by atoms with E-state index in [-0.39, 0.29) is 24.5 Å². The smallest absolute Gasteiger partial charge is 0.329 e. The molecule has 1 heterocycles. The first kappa shape index (κ1) is 16.4. The molecule has 0 radical (unpaired) electrons. The second-order valence-corrected chi connectivity index (χ2v) is 5.75. The van der Waals surface area contributed by atoms with E-state index in [9.17, 15) is 9.59 Å². The number of methoxy groups -OCH3 is 1. The number of ether oxygens (including phenoxy) is 2. The van der Waals surface area contributed by atoms with Gasteiger partial charge in [0.2, 0.25) is 0 Å². The molecule has 116 valence electrons. The SMILES string of the molecule is C#CCOCC(=O)N1[C@@H](c2ccccc2)SC[C@H]1C(=O)OC. The van der Waals surface area contributed by atoms with Crippen molar-refractivity contribution in [2.45, 2.75) is 11.4 Å². The average Bonchev–Trinajstić information content (AvgIpc) is 3.00. The largest absolute Gasteiger partial charge is 0.467 e. The number of thioether (sulfide) groups is 1. The van der Waals surface area contributed by atoms with Crippen LogP contribution in [0.25, 0.3) is 0 Å². The van der Waals surface area contributed by atoms with Crippen molar-refractivity contribution in [3.05, 3.63) is 35.9 Å². The molecule has 0 saturated carbocycles. The van der Waals surface area contributed by atoms with E-state index in [1.807, 2.05) is 30.3 Å². The minimum absolute atomic E-state index is 0.0611. The molecule has 0 N–H and O–H groups in total. The standard InChI is InChI=1S/C16H17NO4S/c1-3-9-21-10-14(18)17-13(16(19)20-2)11-22-15(17)12-7-5-4-6-8-12/h1,4-8,13,15H,9-11H2,2H3/t13-,15+/m0/s1. The topological polar surface area (TPSA) is 55.8 Å². The van der Waals surface area contributed by atoms with Crippen molar-refractivity contribution in [3.8, 4) is 12.3 Å². The van der Waals surface area contributed by atoms with E-state index in [0.29, 0.717) is 5.75 Å². The van der Waals surface area contributed by atoms with E-state index < -0.39 is 12.0 Å². The number of terminal acetylenes is 1. The van der Waals surface area contributed by atoms with Gasteiger partial charge in [-0.15, -0.1) is 18.2 Å². The first-order valence-electron chi connectivity index (χ1n) is 6.75. The summed E-state index contributed by atoms with van der Waals surface area (Å²) >= 11 is 1.53. The number of nitrogens with zero attached hydrogens (tertiary/aromatic N) is 1. The van der Waals surface area contributed by atoms with Crippen molar-refractivity contribution < 1.29 is 19.1 Å². The van der Waals surface area contributed by atoms with Crippen molar-refractivity contribution in [2.24, 2.45) is 0 Å². The Morgan fingerprint density at radius 1 is 1.41 bits per heavy atom. The fourth-order valence-electron chi connectivity index (χ4n) is 2.27. The fourth-order valence-corrected chi connectivity index (χ4v) is 3.71. The molecule has 22 heavy (non-hydrogen) atoms. The summed E-state index contributed by atoms with van der Waals surface area (Å²) < 4.78 is 9.92. The van der Waals surface area contributed by atoms with Crippen molar-refractivity contribution >= 4 is 23.6 Å². The van der Waals surface area contributed by atoms with Crippen LogP contribution in [-0.2, 0) is 19.1 Å². The van der Waals surface area contributed by atoms with Gasteiger partial charge in [0.1, 0.15) is 24.6 Å². The minimum Gasteiger partial charge on any atom is -0.467 e. The zero-order chi connectivity index (χ0) is 15.9. The summed E-state index contributed by atoms with van der Waals surface area (Å²) in [7, 11) is 1.32. The second-order valence-electron chi connectivity index (χ2n) is 4.63. The van der Waals surface area contributed by atoms with Crippen molar-refractivity contribution in [2.75, 3.05) is 26.1 Å². The zero-order valence-corrected chi connectivity index (χ0v) is 13.0. The minimum atomic E-state index is -0.609. The quantitative estimate of drug-likeness (QED) is 0.467. The first-order valence-corrected chi connectivity index (χ1v) is 7.80. The molecular formula is C16H17NO4S. The Labute approximate surface area is 134 Å². The Bertz CT molecular complexity index is 569. The molecule has 1 aliphatic heterocycles. The summed E-state index contributed by atoms with van der Waals surface area (Å²) in [6, 6.07) is 8.96. The predicted octanol–water partition coefficient (Wildman–Crippen LogP) is 1.45. The number of esters is 1. The van der Waals surface area contributed by atoms with Crippen LogP contribution in [-0.4, -0.2) is 48.9 Å². The summed E-state index contributed by atoms with van der Waals surface area (Å²) in [6.07, 6.45) is 5.11. The number of rotatable bonds is 5. The normalized spacial score (nSPS) is 20.5. The zero-order valence-electron chi connectivity index (χ0n) is 12.2. The summed E-state index contributed by atoms with van der Waals surface area (Å²) in [6.45, 7) is -0.0901. The molecule has 0 bridgehead atoms. The lowest BCUT2D eigenvalue weighted by atomic mass is 10.1. The van der Waals surface area contributed by atoms with Crippen LogP contribution < -0.4 is 0 Å². The molecule has 1 amide bonds. The van der Waals surface area contributed by atoms with Crippen LogP contribution in [0.1, 0.15) is 10.9 Å². The third-order valence-corrected chi connectivity index (χ3v) is 4.58. The molecule has 2 atom stereocenters. The molecule has 0 unspecified atom stereocenters. The van der Waals surface area contributed by atoms with Gasteiger partial charge in [0, 0.05) is 5.75 Å². The van der Waals surface area contributed by atoms with Crippen LogP contribution in [0.4, 0.5) is 0 Å². The van der Waals surface area contributed by atoms with Gasteiger partial charge in [0.25, 0.3) is 5.91 Å². The Kier molecular flexibility index (Phi) is 5.87. The lowest BCUT2D eigenvalue weighted by Crippen LogP contribution is -2.45. The molecule has 1 fully saturated rings. The van der Waals surface area contributed by atoms with Crippen molar-refractivity contribution in [1.82, 2.24) is 4.90 Å². The van der Waals surface area contributed by atoms with E-state index in [1.165, 1.54) is 23.8 Å². The molecule has 5 nitrogen and oxygen atoms in total. The molecule has 6 heteroatoms. The maximum absolute atomic E-state index is 12.4. The molecule has 0 spiro atoms. The van der Waals surface area contributed by atoms with Gasteiger partial charge in [-0.25, -0.2) is 4.79 Å². The molecule has 0 aliphatic carbocycles. The molecule has 2 rings (SSSR count). The highest BCUT2D eigenvalue weighted by molar-refractivity contribution is 7.99.